The summed E-state index contributed by atoms with van der Waals surface area (Å²) in [5.41, 5.74) is 1.96. The van der Waals surface area contributed by atoms with Crippen molar-refractivity contribution >= 4 is 17.5 Å². The Morgan fingerprint density at radius 2 is 2.06 bits per heavy atom. The van der Waals surface area contributed by atoms with E-state index in [4.69, 9.17) is 11.6 Å². The lowest BCUT2D eigenvalue weighted by atomic mass is 10.3. The van der Waals surface area contributed by atoms with Crippen molar-refractivity contribution in [2.45, 2.75) is 6.42 Å². The molecule has 0 unspecified atom stereocenters. The molecule has 0 atom stereocenters. The number of carbonyl (C=O) groups excluding carboxylic acids is 1. The zero-order valence-electron chi connectivity index (χ0n) is 9.84. The first-order valence-corrected chi connectivity index (χ1v) is 6.25. The molecule has 1 amide bonds. The summed E-state index contributed by atoms with van der Waals surface area (Å²) in [6, 6.07) is 11.8. The average Bonchev–Trinajstić information content (AvgIpc) is 2.88. The van der Waals surface area contributed by atoms with Gasteiger partial charge in [0, 0.05) is 19.2 Å². The number of alkyl halides is 1. The van der Waals surface area contributed by atoms with Crippen LogP contribution < -0.4 is 5.32 Å². The number of benzene rings is 1. The van der Waals surface area contributed by atoms with E-state index in [1.165, 1.54) is 0 Å². The number of para-hydroxylation sites is 1. The van der Waals surface area contributed by atoms with Crippen LogP contribution in [0.5, 0.6) is 0 Å². The largest absolute Gasteiger partial charge is 0.355 e. The molecule has 0 radical (unpaired) electrons. The van der Waals surface area contributed by atoms with Crippen molar-refractivity contribution < 1.29 is 4.79 Å². The van der Waals surface area contributed by atoms with Crippen LogP contribution in [-0.4, -0.2) is 28.1 Å². The van der Waals surface area contributed by atoms with Gasteiger partial charge in [0.1, 0.15) is 5.88 Å². The number of halogens is 1. The van der Waals surface area contributed by atoms with Gasteiger partial charge in [-0.15, -0.1) is 11.6 Å². The van der Waals surface area contributed by atoms with Gasteiger partial charge >= 0.3 is 0 Å². The molecular weight excluding hydrogens is 250 g/mol. The molecule has 1 N–H and O–H groups in total. The van der Waals surface area contributed by atoms with Gasteiger partial charge in [-0.05, 0) is 18.2 Å². The van der Waals surface area contributed by atoms with E-state index in [9.17, 15) is 4.79 Å². The molecule has 0 fully saturated rings. The van der Waals surface area contributed by atoms with Crippen LogP contribution in [0.15, 0.2) is 42.6 Å². The summed E-state index contributed by atoms with van der Waals surface area (Å²) in [5, 5.41) is 7.15. The molecule has 0 aliphatic rings. The molecule has 2 aromatic rings. The quantitative estimate of drug-likeness (QED) is 0.836. The van der Waals surface area contributed by atoms with Crippen LogP contribution in [0.3, 0.4) is 0 Å². The highest BCUT2D eigenvalue weighted by Gasteiger charge is 2.02. The average molecular weight is 264 g/mol. The van der Waals surface area contributed by atoms with Gasteiger partial charge < -0.3 is 5.32 Å². The third-order valence-corrected chi connectivity index (χ3v) is 2.73. The third-order valence-electron chi connectivity index (χ3n) is 2.49. The molecule has 1 aromatic carbocycles. The molecule has 0 aliphatic carbocycles. The second-order valence-electron chi connectivity index (χ2n) is 3.82. The Kier molecular flexibility index (Phi) is 4.36. The summed E-state index contributed by atoms with van der Waals surface area (Å²) < 4.78 is 1.82. The maximum absolute atomic E-state index is 11.0. The summed E-state index contributed by atoms with van der Waals surface area (Å²) in [7, 11) is 0. The molecular formula is C13H14ClN3O. The van der Waals surface area contributed by atoms with Crippen LogP contribution in [0.1, 0.15) is 5.69 Å². The highest BCUT2D eigenvalue weighted by Crippen LogP contribution is 2.06. The lowest BCUT2D eigenvalue weighted by Gasteiger charge is -2.01. The minimum atomic E-state index is -0.154. The van der Waals surface area contributed by atoms with Gasteiger partial charge in [0.2, 0.25) is 5.91 Å². The zero-order chi connectivity index (χ0) is 12.8. The number of amides is 1. The smallest absolute Gasteiger partial charge is 0.234 e. The minimum Gasteiger partial charge on any atom is -0.355 e. The normalized spacial score (nSPS) is 10.3. The fraction of sp³-hybridized carbons (Fsp3) is 0.231. The van der Waals surface area contributed by atoms with Crippen molar-refractivity contribution in [3.63, 3.8) is 0 Å². The lowest BCUT2D eigenvalue weighted by Crippen LogP contribution is -2.26. The first-order valence-electron chi connectivity index (χ1n) is 5.72. The number of nitrogens with zero attached hydrogens (tertiary/aromatic N) is 2. The number of carbonyl (C=O) groups is 1. The van der Waals surface area contributed by atoms with Gasteiger partial charge in [0.25, 0.3) is 0 Å². The van der Waals surface area contributed by atoms with E-state index in [2.05, 4.69) is 10.4 Å². The minimum absolute atomic E-state index is 0.00153. The number of nitrogens with one attached hydrogen (secondary N) is 1. The molecule has 94 valence electrons. The highest BCUT2D eigenvalue weighted by molar-refractivity contribution is 6.27. The molecule has 5 heteroatoms. The number of rotatable bonds is 5. The highest BCUT2D eigenvalue weighted by atomic mass is 35.5. The van der Waals surface area contributed by atoms with Crippen molar-refractivity contribution in [3.8, 4) is 5.69 Å². The van der Waals surface area contributed by atoms with Gasteiger partial charge in [0.15, 0.2) is 0 Å². The van der Waals surface area contributed by atoms with Crippen molar-refractivity contribution in [1.82, 2.24) is 15.1 Å². The summed E-state index contributed by atoms with van der Waals surface area (Å²) in [6.07, 6.45) is 2.61. The van der Waals surface area contributed by atoms with E-state index in [0.29, 0.717) is 13.0 Å². The second kappa shape index (κ2) is 6.21. The second-order valence-corrected chi connectivity index (χ2v) is 4.09. The molecule has 0 bridgehead atoms. The van der Waals surface area contributed by atoms with Crippen LogP contribution in [0.4, 0.5) is 0 Å². The first kappa shape index (κ1) is 12.6. The Morgan fingerprint density at radius 1 is 1.28 bits per heavy atom. The third kappa shape index (κ3) is 3.34. The number of aromatic nitrogens is 2. The van der Waals surface area contributed by atoms with E-state index in [1.54, 1.807) is 0 Å². The predicted octanol–water partition coefficient (Wildman–Crippen LogP) is 1.77. The predicted molar refractivity (Wildman–Crippen MR) is 71.0 cm³/mol. The molecule has 0 saturated heterocycles. The fourth-order valence-corrected chi connectivity index (χ4v) is 1.69. The van der Waals surface area contributed by atoms with E-state index in [0.717, 1.165) is 11.4 Å². The number of hydrogen-bond donors (Lipinski definition) is 1. The number of hydrogen-bond acceptors (Lipinski definition) is 2. The van der Waals surface area contributed by atoms with Crippen LogP contribution in [0.25, 0.3) is 5.69 Å². The molecule has 1 heterocycles. The fourth-order valence-electron chi connectivity index (χ4n) is 1.60. The maximum Gasteiger partial charge on any atom is 0.234 e. The molecule has 0 saturated carbocycles. The van der Waals surface area contributed by atoms with E-state index < -0.39 is 0 Å². The van der Waals surface area contributed by atoms with Gasteiger partial charge in [-0.25, -0.2) is 4.68 Å². The van der Waals surface area contributed by atoms with E-state index in [-0.39, 0.29) is 11.8 Å². The van der Waals surface area contributed by atoms with Gasteiger partial charge in [0.05, 0.1) is 11.4 Å². The SMILES string of the molecule is O=C(CCl)NCCc1ccn(-c2ccccc2)n1. The standard InChI is InChI=1S/C13H14ClN3O/c14-10-13(18)15-8-6-11-7-9-17(16-11)12-4-2-1-3-5-12/h1-5,7,9H,6,8,10H2,(H,15,18). The van der Waals surface area contributed by atoms with Gasteiger partial charge in [-0.3, -0.25) is 4.79 Å². The molecule has 0 aliphatic heterocycles. The lowest BCUT2D eigenvalue weighted by molar-refractivity contribution is -0.118. The topological polar surface area (TPSA) is 46.9 Å². The monoisotopic (exact) mass is 263 g/mol. The molecule has 18 heavy (non-hydrogen) atoms. The Morgan fingerprint density at radius 3 is 2.78 bits per heavy atom. The van der Waals surface area contributed by atoms with Crippen LogP contribution in [-0.2, 0) is 11.2 Å². The molecule has 1 aromatic heterocycles. The van der Waals surface area contributed by atoms with E-state index in [1.807, 2.05) is 47.3 Å². The molecule has 4 nitrogen and oxygen atoms in total. The Balaban J connectivity index is 1.93. The summed E-state index contributed by atoms with van der Waals surface area (Å²) in [5.74, 6) is -0.155. The summed E-state index contributed by atoms with van der Waals surface area (Å²) >= 11 is 5.39. The van der Waals surface area contributed by atoms with Crippen molar-refractivity contribution in [2.75, 3.05) is 12.4 Å². The van der Waals surface area contributed by atoms with Crippen LogP contribution >= 0.6 is 11.6 Å². The van der Waals surface area contributed by atoms with Crippen LogP contribution in [0, 0.1) is 0 Å². The first-order chi connectivity index (χ1) is 8.79. The summed E-state index contributed by atoms with van der Waals surface area (Å²) in [4.78, 5) is 11.0. The van der Waals surface area contributed by atoms with E-state index >= 15 is 0 Å². The summed E-state index contributed by atoms with van der Waals surface area (Å²) in [6.45, 7) is 0.553. The Hall–Kier alpha value is -1.81. The van der Waals surface area contributed by atoms with Crippen LogP contribution in [0.2, 0.25) is 0 Å². The van der Waals surface area contributed by atoms with Crippen molar-refractivity contribution in [3.05, 3.63) is 48.3 Å². The van der Waals surface area contributed by atoms with Crippen molar-refractivity contribution in [2.24, 2.45) is 0 Å². The zero-order valence-corrected chi connectivity index (χ0v) is 10.6. The Bertz CT molecular complexity index is 510. The van der Waals surface area contributed by atoms with Gasteiger partial charge in [-0.1, -0.05) is 18.2 Å². The molecule has 0 spiro atoms. The maximum atomic E-state index is 11.0. The van der Waals surface area contributed by atoms with Gasteiger partial charge in [-0.2, -0.15) is 5.10 Å². The Labute approximate surface area is 111 Å². The van der Waals surface area contributed by atoms with Crippen molar-refractivity contribution in [1.29, 1.82) is 0 Å². The molecule has 2 rings (SSSR count).